The molecule has 0 amide bonds. The molecule has 6 heteroatoms. The van der Waals surface area contributed by atoms with E-state index in [9.17, 15) is 9.59 Å². The minimum atomic E-state index is -1.17. The average molecular weight is 441 g/mol. The van der Waals surface area contributed by atoms with E-state index in [-0.39, 0.29) is 24.7 Å². The van der Waals surface area contributed by atoms with Gasteiger partial charge < -0.3 is 20.1 Å². The molecule has 0 spiro atoms. The number of hydrogen-bond donors (Lipinski definition) is 2. The summed E-state index contributed by atoms with van der Waals surface area (Å²) in [6.07, 6.45) is 4.71. The van der Waals surface area contributed by atoms with Crippen molar-refractivity contribution in [3.8, 4) is 0 Å². The van der Waals surface area contributed by atoms with Crippen LogP contribution in [0.25, 0.3) is 6.08 Å². The average Bonchev–Trinajstić information content (AvgIpc) is 2.85. The van der Waals surface area contributed by atoms with Crippen molar-refractivity contribution in [2.24, 2.45) is 5.41 Å². The predicted octanol–water partition coefficient (Wildman–Crippen LogP) is 4.03. The molecule has 0 aromatic heterocycles. The summed E-state index contributed by atoms with van der Waals surface area (Å²) in [5, 5.41) is 7.05. The molecule has 2 aliphatic heterocycles. The van der Waals surface area contributed by atoms with E-state index in [1.54, 1.807) is 13.8 Å². The van der Waals surface area contributed by atoms with Crippen molar-refractivity contribution in [2.45, 2.75) is 72.4 Å². The molecule has 0 radical (unpaired) electrons. The third kappa shape index (κ3) is 4.69. The van der Waals surface area contributed by atoms with Crippen LogP contribution in [-0.2, 0) is 25.5 Å². The highest BCUT2D eigenvalue weighted by molar-refractivity contribution is 5.91. The molecule has 0 bridgehead atoms. The molecule has 2 N–H and O–H groups in total. The van der Waals surface area contributed by atoms with Crippen molar-refractivity contribution in [3.05, 3.63) is 52.4 Å². The number of ether oxygens (including phenoxy) is 2. The lowest BCUT2D eigenvalue weighted by Crippen LogP contribution is -2.48. The lowest BCUT2D eigenvalue weighted by Gasteiger charge is -2.36. The number of esters is 2. The molecule has 1 unspecified atom stereocenters. The second-order valence-corrected chi connectivity index (χ2v) is 10.1. The lowest BCUT2D eigenvalue weighted by molar-refractivity contribution is -0.151. The Kier molecular flexibility index (Phi) is 6.45. The Hall–Kier alpha value is -2.76. The number of aryl methyl sites for hydroxylation is 1. The first-order chi connectivity index (χ1) is 14.9. The predicted molar refractivity (Wildman–Crippen MR) is 126 cm³/mol. The van der Waals surface area contributed by atoms with Gasteiger partial charge in [-0.2, -0.15) is 0 Å². The highest BCUT2D eigenvalue weighted by Crippen LogP contribution is 2.49. The minimum Gasteiger partial charge on any atom is -0.465 e. The molecule has 1 fully saturated rings. The third-order valence-corrected chi connectivity index (χ3v) is 5.98. The van der Waals surface area contributed by atoms with Crippen LogP contribution in [0.4, 0.5) is 0 Å². The minimum absolute atomic E-state index is 0.250. The summed E-state index contributed by atoms with van der Waals surface area (Å²) in [6, 6.07) is 6.40. The standard InChI is InChI=1S/C26H36N2O4/c1-8-31-22(29)14-21-26(23(30)32-9-2,16-25(6,7)28-21)20-13-19-12-17(3)10-11-18(19)15-24(4,5)27-20/h10-14,27-28H,8-9,15-16H2,1-7H3/b21-14-. The van der Waals surface area contributed by atoms with Crippen LogP contribution < -0.4 is 10.6 Å². The number of carbonyl (C=O) groups is 2. The van der Waals surface area contributed by atoms with Crippen molar-refractivity contribution in [3.63, 3.8) is 0 Å². The van der Waals surface area contributed by atoms with Gasteiger partial charge >= 0.3 is 11.9 Å². The van der Waals surface area contributed by atoms with Crippen LogP contribution in [0.2, 0.25) is 0 Å². The van der Waals surface area contributed by atoms with Gasteiger partial charge in [0.15, 0.2) is 0 Å². The van der Waals surface area contributed by atoms with E-state index in [0.29, 0.717) is 12.1 Å². The van der Waals surface area contributed by atoms with Gasteiger partial charge in [0.1, 0.15) is 5.41 Å². The molecule has 32 heavy (non-hydrogen) atoms. The van der Waals surface area contributed by atoms with E-state index >= 15 is 0 Å². The topological polar surface area (TPSA) is 76.7 Å². The maximum absolute atomic E-state index is 13.7. The van der Waals surface area contributed by atoms with Gasteiger partial charge in [0.2, 0.25) is 0 Å². The van der Waals surface area contributed by atoms with Crippen molar-refractivity contribution in [1.82, 2.24) is 10.6 Å². The smallest absolute Gasteiger partial charge is 0.332 e. The number of carbonyl (C=O) groups excluding carboxylic acids is 2. The summed E-state index contributed by atoms with van der Waals surface area (Å²) in [7, 11) is 0. The highest BCUT2D eigenvalue weighted by atomic mass is 16.5. The Morgan fingerprint density at radius 2 is 1.72 bits per heavy atom. The fourth-order valence-corrected chi connectivity index (χ4v) is 4.84. The number of benzene rings is 1. The number of hydrogen-bond acceptors (Lipinski definition) is 6. The maximum atomic E-state index is 13.7. The zero-order chi connectivity index (χ0) is 23.7. The van der Waals surface area contributed by atoms with Gasteiger partial charge in [-0.25, -0.2) is 4.79 Å². The van der Waals surface area contributed by atoms with Gasteiger partial charge in [-0.15, -0.1) is 0 Å². The quantitative estimate of drug-likeness (QED) is 0.532. The summed E-state index contributed by atoms with van der Waals surface area (Å²) in [4.78, 5) is 26.1. The summed E-state index contributed by atoms with van der Waals surface area (Å²) in [5.74, 6) is -0.856. The molecule has 0 saturated carbocycles. The summed E-state index contributed by atoms with van der Waals surface area (Å²) < 4.78 is 10.8. The third-order valence-electron chi connectivity index (χ3n) is 5.98. The van der Waals surface area contributed by atoms with E-state index in [1.807, 2.05) is 13.8 Å². The van der Waals surface area contributed by atoms with Gasteiger partial charge in [0.05, 0.1) is 13.2 Å². The number of nitrogens with one attached hydrogen (secondary N) is 2. The summed E-state index contributed by atoms with van der Waals surface area (Å²) in [5.41, 5.74) is 2.76. The summed E-state index contributed by atoms with van der Waals surface area (Å²) in [6.45, 7) is 14.4. The van der Waals surface area contributed by atoms with Crippen molar-refractivity contribution in [1.29, 1.82) is 0 Å². The second-order valence-electron chi connectivity index (χ2n) is 10.1. The largest absolute Gasteiger partial charge is 0.465 e. The molecule has 1 aromatic carbocycles. The van der Waals surface area contributed by atoms with Crippen LogP contribution in [0.5, 0.6) is 0 Å². The zero-order valence-electron chi connectivity index (χ0n) is 20.3. The van der Waals surface area contributed by atoms with Crippen LogP contribution in [0.3, 0.4) is 0 Å². The lowest BCUT2D eigenvalue weighted by atomic mass is 9.75. The van der Waals surface area contributed by atoms with Gasteiger partial charge in [-0.3, -0.25) is 4.79 Å². The van der Waals surface area contributed by atoms with Crippen LogP contribution >= 0.6 is 0 Å². The number of fused-ring (bicyclic) bond motifs is 1. The van der Waals surface area contributed by atoms with Crippen LogP contribution in [0, 0.1) is 12.3 Å². The molecule has 1 saturated heterocycles. The van der Waals surface area contributed by atoms with Crippen molar-refractivity contribution < 1.29 is 19.1 Å². The first kappa shape index (κ1) is 23.9. The Morgan fingerprint density at radius 3 is 2.38 bits per heavy atom. The Balaban J connectivity index is 2.28. The molecule has 2 heterocycles. The molecule has 0 aliphatic carbocycles. The van der Waals surface area contributed by atoms with Crippen LogP contribution in [0.15, 0.2) is 35.7 Å². The van der Waals surface area contributed by atoms with Crippen molar-refractivity contribution in [2.75, 3.05) is 13.2 Å². The normalized spacial score (nSPS) is 24.5. The van der Waals surface area contributed by atoms with Crippen LogP contribution in [-0.4, -0.2) is 36.2 Å². The molecule has 1 aromatic rings. The van der Waals surface area contributed by atoms with E-state index in [2.05, 4.69) is 55.7 Å². The second kappa shape index (κ2) is 8.64. The number of rotatable bonds is 5. The van der Waals surface area contributed by atoms with Gasteiger partial charge in [-0.05, 0) is 78.5 Å². The van der Waals surface area contributed by atoms with Gasteiger partial charge in [-0.1, -0.05) is 23.8 Å². The van der Waals surface area contributed by atoms with E-state index in [1.165, 1.54) is 11.6 Å². The highest BCUT2D eigenvalue weighted by Gasteiger charge is 2.57. The SMILES string of the molecule is CCOC(=O)/C=C1\NC(C)(C)CC1(C(=O)OCC)C1=Cc2cc(C)ccc2CC(C)(C)N1. The molecule has 2 aliphatic rings. The fourth-order valence-electron chi connectivity index (χ4n) is 4.84. The first-order valence-electron chi connectivity index (χ1n) is 11.4. The van der Waals surface area contributed by atoms with Crippen molar-refractivity contribution >= 4 is 18.0 Å². The Labute approximate surface area is 191 Å². The molecular formula is C26H36N2O4. The van der Waals surface area contributed by atoms with E-state index in [0.717, 1.165) is 23.2 Å². The van der Waals surface area contributed by atoms with Gasteiger partial charge in [0, 0.05) is 28.5 Å². The maximum Gasteiger partial charge on any atom is 0.332 e. The van der Waals surface area contributed by atoms with Gasteiger partial charge in [0.25, 0.3) is 0 Å². The Bertz CT molecular complexity index is 974. The first-order valence-corrected chi connectivity index (χ1v) is 11.4. The van der Waals surface area contributed by atoms with Crippen LogP contribution in [0.1, 0.15) is 64.7 Å². The van der Waals surface area contributed by atoms with E-state index < -0.39 is 16.9 Å². The molecular weight excluding hydrogens is 404 g/mol. The summed E-state index contributed by atoms with van der Waals surface area (Å²) >= 11 is 0. The zero-order valence-corrected chi connectivity index (χ0v) is 20.3. The monoisotopic (exact) mass is 440 g/mol. The Morgan fingerprint density at radius 1 is 1.03 bits per heavy atom. The van der Waals surface area contributed by atoms with E-state index in [4.69, 9.17) is 9.47 Å². The molecule has 6 nitrogen and oxygen atoms in total. The fraction of sp³-hybridized carbons (Fsp3) is 0.538. The molecule has 1 atom stereocenters. The molecule has 3 rings (SSSR count). The molecule has 174 valence electrons.